The number of carbonyl (C=O) groups excluding carboxylic acids is 3. The molecule has 0 unspecified atom stereocenters. The quantitative estimate of drug-likeness (QED) is 0.00978. The molecule has 0 aromatic heterocycles. The summed E-state index contributed by atoms with van der Waals surface area (Å²) in [6, 6.07) is 0. The van der Waals surface area contributed by atoms with E-state index in [1.54, 1.807) is 7.11 Å². The number of ether oxygens (including phenoxy) is 8. The number of aliphatic hydroxyl groups excluding tert-OH is 1. The minimum Gasteiger partial charge on any atom is -0.454 e. The first-order valence-electron chi connectivity index (χ1n) is 35.2. The normalized spacial score (nSPS) is 22.7. The number of ketones is 1. The Morgan fingerprint density at radius 1 is 0.424 bits per heavy atom. The van der Waals surface area contributed by atoms with Crippen molar-refractivity contribution >= 4 is 41.2 Å². The number of phosphoric acid groups is 3. The van der Waals surface area contributed by atoms with Gasteiger partial charge in [-0.15, -0.1) is 0 Å². The van der Waals surface area contributed by atoms with Gasteiger partial charge >= 0.3 is 35.4 Å². The number of hydrogen-bond acceptors (Lipinski definition) is 18. The van der Waals surface area contributed by atoms with Crippen molar-refractivity contribution in [3.8, 4) is 0 Å². The SMILES string of the molecule is CCCCCC/C=C\CCCCCCCCCC(=O)O[C@H]1[C@H](OC[C@H]2O[C@H](OP(=O)(O)O)[C@H](OC(=O)CC(=O)CCCCCCCCCCC)[C@@H](OCCCCCCCCCC)[C@@H]2OP(=O)(O)O)O[C@H](CO)[C@@H](OP(=O)(O)O)[C@@H]1OCC[C@H](CCCCCCC)OC. The molecule has 7 N–H and O–H groups in total. The Hall–Kier alpha value is -1.60. The lowest BCUT2D eigenvalue weighted by Crippen LogP contribution is -2.64. The summed E-state index contributed by atoms with van der Waals surface area (Å²) < 4.78 is 103. The zero-order chi connectivity index (χ0) is 67.9. The molecular formula is C65H123O24P3. The number of methoxy groups -OCH3 is 1. The Kier molecular flexibility index (Phi) is 49.3. The zero-order valence-corrected chi connectivity index (χ0v) is 59.2. The summed E-state index contributed by atoms with van der Waals surface area (Å²) in [5, 5.41) is 10.8. The van der Waals surface area contributed by atoms with Crippen molar-refractivity contribution in [2.24, 2.45) is 0 Å². The number of rotatable bonds is 60. The van der Waals surface area contributed by atoms with E-state index in [1.807, 2.05) is 0 Å². The number of hydrogen-bond donors (Lipinski definition) is 7. The number of esters is 2. The summed E-state index contributed by atoms with van der Waals surface area (Å²) in [7, 11) is -15.1. The zero-order valence-electron chi connectivity index (χ0n) is 56.5. The monoisotopic (exact) mass is 1380 g/mol. The third kappa shape index (κ3) is 42.3. The van der Waals surface area contributed by atoms with E-state index in [2.05, 4.69) is 39.8 Å². The van der Waals surface area contributed by atoms with Crippen LogP contribution in [0.2, 0.25) is 0 Å². The van der Waals surface area contributed by atoms with Crippen LogP contribution in [-0.2, 0) is 79.5 Å². The van der Waals surface area contributed by atoms with Crippen LogP contribution in [0.15, 0.2) is 12.2 Å². The van der Waals surface area contributed by atoms with Gasteiger partial charge in [0, 0.05) is 33.2 Å². The van der Waals surface area contributed by atoms with Gasteiger partial charge in [0.2, 0.25) is 6.29 Å². The van der Waals surface area contributed by atoms with Gasteiger partial charge in [0.1, 0.15) is 48.8 Å². The van der Waals surface area contributed by atoms with Crippen molar-refractivity contribution in [2.45, 2.75) is 352 Å². The molecular weight excluding hydrogens is 1260 g/mol. The third-order valence-electron chi connectivity index (χ3n) is 16.6. The highest BCUT2D eigenvalue weighted by atomic mass is 31.2. The maximum Gasteiger partial charge on any atom is 0.472 e. The van der Waals surface area contributed by atoms with E-state index >= 15 is 0 Å². The first-order valence-corrected chi connectivity index (χ1v) is 39.8. The molecule has 0 aromatic carbocycles. The van der Waals surface area contributed by atoms with Gasteiger partial charge in [-0.25, -0.2) is 13.7 Å². The summed E-state index contributed by atoms with van der Waals surface area (Å²) in [4.78, 5) is 103. The number of allylic oxidation sites excluding steroid dienone is 2. The van der Waals surface area contributed by atoms with Gasteiger partial charge < -0.3 is 72.4 Å². The largest absolute Gasteiger partial charge is 0.472 e. The number of carbonyl (C=O) groups is 3. The van der Waals surface area contributed by atoms with Gasteiger partial charge in [0.15, 0.2) is 18.5 Å². The molecule has 0 saturated carbocycles. The molecule has 0 bridgehead atoms. The van der Waals surface area contributed by atoms with Crippen LogP contribution in [0.3, 0.4) is 0 Å². The molecule has 2 heterocycles. The molecule has 2 saturated heterocycles. The van der Waals surface area contributed by atoms with Crippen molar-refractivity contribution in [3.63, 3.8) is 0 Å². The first kappa shape index (κ1) is 86.5. The maximum atomic E-state index is 14.0. The van der Waals surface area contributed by atoms with Crippen molar-refractivity contribution in [3.05, 3.63) is 12.2 Å². The van der Waals surface area contributed by atoms with E-state index in [4.69, 9.17) is 51.5 Å². The van der Waals surface area contributed by atoms with Crippen molar-refractivity contribution in [2.75, 3.05) is 33.5 Å². The standard InChI is InChI=1S/C65H123O24P3/c1-6-10-14-18-21-24-25-26-27-28-29-31-33-37-41-45-56(68)85-62-60(81-48-46-53(79-5)44-40-35-17-13-9-4)58(87-90(70,71)72)54(50-66)83-64(62)82-51-55-59(88-91(73,74)75)61(80-47-42-38-34-23-20-16-12-8-3)63(65(84-55)89-92(76,77)78)86-57(69)49-52(67)43-39-36-32-30-22-19-15-11-7-2/h24-25,53-55,58-66H,6-23,26-51H2,1-5H3,(H2,70,71,72)(H2,73,74,75)(H2,76,77,78)/b25-24-/t53-,54+,55+,58+,59+,60-,61-,62+,63+,64+,65+/m0/s1. The topological polar surface area (TPSA) is 346 Å². The van der Waals surface area contributed by atoms with Crippen LogP contribution in [0, 0.1) is 0 Å². The second-order valence-corrected chi connectivity index (χ2v) is 28.4. The van der Waals surface area contributed by atoms with Gasteiger partial charge in [-0.1, -0.05) is 220 Å². The molecule has 0 amide bonds. The number of unbranched alkanes of at least 4 members (excludes halogenated alkanes) is 30. The lowest BCUT2D eigenvalue weighted by Gasteiger charge is -2.47. The van der Waals surface area contributed by atoms with Crippen LogP contribution in [0.25, 0.3) is 0 Å². The number of aliphatic hydroxyl groups is 1. The maximum absolute atomic E-state index is 14.0. The molecule has 542 valence electrons. The number of phosphoric ester groups is 3. The molecule has 2 rings (SSSR count). The molecule has 2 fully saturated rings. The molecule has 0 spiro atoms. The van der Waals surface area contributed by atoms with Crippen LogP contribution >= 0.6 is 23.5 Å². The Balaban J connectivity index is 2.56. The lowest BCUT2D eigenvalue weighted by atomic mass is 9.97. The van der Waals surface area contributed by atoms with E-state index < -0.39 is 122 Å². The molecule has 0 radical (unpaired) electrons. The van der Waals surface area contributed by atoms with Gasteiger partial charge in [-0.05, 0) is 57.8 Å². The molecule has 0 aromatic rings. The minimum absolute atomic E-state index is 0.0375. The van der Waals surface area contributed by atoms with Crippen molar-refractivity contribution in [1.82, 2.24) is 0 Å². The fourth-order valence-electron chi connectivity index (χ4n) is 11.6. The second kappa shape index (κ2) is 52.5. The van der Waals surface area contributed by atoms with E-state index in [0.717, 1.165) is 154 Å². The molecule has 24 nitrogen and oxygen atoms in total. The number of Topliss-reactive ketones (excluding diaryl/α,β-unsaturated/α-hetero) is 1. The van der Waals surface area contributed by atoms with E-state index in [0.29, 0.717) is 38.5 Å². The van der Waals surface area contributed by atoms with Gasteiger partial charge in [0.05, 0.1) is 19.3 Å². The molecule has 27 heteroatoms. The predicted octanol–water partition coefficient (Wildman–Crippen LogP) is 13.9. The van der Waals surface area contributed by atoms with Gasteiger partial charge in [0.25, 0.3) is 0 Å². The molecule has 92 heavy (non-hydrogen) atoms. The summed E-state index contributed by atoms with van der Waals surface area (Å²) in [6.07, 6.45) is 19.4. The Morgan fingerprint density at radius 2 is 0.826 bits per heavy atom. The molecule has 2 aliphatic heterocycles. The van der Waals surface area contributed by atoms with Crippen LogP contribution < -0.4 is 0 Å². The van der Waals surface area contributed by atoms with Crippen LogP contribution in [0.5, 0.6) is 0 Å². The highest BCUT2D eigenvalue weighted by Crippen LogP contribution is 2.47. The Bertz CT molecular complexity index is 2060. The summed E-state index contributed by atoms with van der Waals surface area (Å²) in [5.41, 5.74) is 0. The summed E-state index contributed by atoms with van der Waals surface area (Å²) >= 11 is 0. The lowest BCUT2D eigenvalue weighted by molar-refractivity contribution is -0.329. The fraction of sp³-hybridized carbons (Fsp3) is 0.923. The first-order chi connectivity index (χ1) is 44.1. The second-order valence-electron chi connectivity index (χ2n) is 24.9. The van der Waals surface area contributed by atoms with Crippen LogP contribution in [0.4, 0.5) is 0 Å². The predicted molar refractivity (Wildman–Crippen MR) is 349 cm³/mol. The Morgan fingerprint density at radius 3 is 1.32 bits per heavy atom. The third-order valence-corrected chi connectivity index (χ3v) is 18.2. The smallest absolute Gasteiger partial charge is 0.454 e. The van der Waals surface area contributed by atoms with Crippen molar-refractivity contribution in [1.29, 1.82) is 0 Å². The highest BCUT2D eigenvalue weighted by Gasteiger charge is 2.56. The van der Waals surface area contributed by atoms with Crippen LogP contribution in [0.1, 0.15) is 285 Å². The molecule has 2 aliphatic rings. The Labute approximate surface area is 550 Å². The molecule has 11 atom stereocenters. The highest BCUT2D eigenvalue weighted by molar-refractivity contribution is 7.46. The fourth-order valence-corrected chi connectivity index (χ4v) is 13.1. The van der Waals surface area contributed by atoms with Crippen LogP contribution in [-0.4, -0.2) is 153 Å². The summed E-state index contributed by atoms with van der Waals surface area (Å²) in [6.45, 7) is 6.36. The summed E-state index contributed by atoms with van der Waals surface area (Å²) in [5.74, 6) is -2.46. The molecule has 0 aliphatic carbocycles. The average molecular weight is 1380 g/mol. The van der Waals surface area contributed by atoms with E-state index in [9.17, 15) is 62.5 Å². The van der Waals surface area contributed by atoms with Crippen molar-refractivity contribution < 1.29 is 114 Å². The van der Waals surface area contributed by atoms with Gasteiger partial charge in [-0.3, -0.25) is 28.0 Å². The van der Waals surface area contributed by atoms with E-state index in [1.165, 1.54) is 38.5 Å². The average Bonchev–Trinajstić information content (AvgIpc) is 0.824. The van der Waals surface area contributed by atoms with Gasteiger partial charge in [-0.2, -0.15) is 0 Å². The van der Waals surface area contributed by atoms with E-state index in [-0.39, 0.29) is 38.6 Å². The minimum atomic E-state index is -5.61.